The Hall–Kier alpha value is 6.49. The molecule has 8 radical (unpaired) electrons. The van der Waals surface area contributed by atoms with Gasteiger partial charge < -0.3 is 5.11 Å². The number of allylic oxidation sites excluding steroid dienone is 2. The van der Waals surface area contributed by atoms with Crippen LogP contribution in [0.5, 0.6) is 0 Å². The fraction of sp³-hybridized carbons (Fsp3) is 0.915. The van der Waals surface area contributed by atoms with Gasteiger partial charge in [0.1, 0.15) is 0 Å². The van der Waals surface area contributed by atoms with Gasteiger partial charge in [-0.25, -0.2) is 0 Å². The summed E-state index contributed by atoms with van der Waals surface area (Å²) in [5.74, 6) is 17.5. The second-order valence-electron chi connectivity index (χ2n) is 22.6. The van der Waals surface area contributed by atoms with Gasteiger partial charge in [-0.3, -0.25) is 0 Å². The second-order valence-corrected chi connectivity index (χ2v) is 45.9. The van der Waals surface area contributed by atoms with Crippen LogP contribution in [-0.4, -0.2) is 280 Å². The van der Waals surface area contributed by atoms with Crippen molar-refractivity contribution >= 4 is 215 Å². The molecule has 12 fully saturated rings. The summed E-state index contributed by atoms with van der Waals surface area (Å²) in [6, 6.07) is 6.75. The van der Waals surface area contributed by atoms with E-state index in [1.165, 1.54) is 127 Å². The predicted molar refractivity (Wildman–Crippen MR) is 307 cm³/mol. The summed E-state index contributed by atoms with van der Waals surface area (Å²) in [6.45, 7) is 26.6. The van der Waals surface area contributed by atoms with Gasteiger partial charge in [0.25, 0.3) is 0 Å². The molecular formula is C47H100In4O8Si3Sn4. The third-order valence-corrected chi connectivity index (χ3v) is 36.6. The zero-order valence-electron chi connectivity index (χ0n) is 42.5. The normalized spacial score (nSPS) is 36.5. The van der Waals surface area contributed by atoms with Crippen LogP contribution in [0.3, 0.4) is 0 Å². The number of aliphatic hydroxyl groups excluding tert-OH is 3. The van der Waals surface area contributed by atoms with Crippen molar-refractivity contribution in [3.05, 3.63) is 24.3 Å². The molecule has 19 heteroatoms. The van der Waals surface area contributed by atoms with Crippen LogP contribution in [0.4, 0.5) is 0 Å². The van der Waals surface area contributed by atoms with E-state index in [0.29, 0.717) is 87.6 Å². The molecule has 4 N–H and O–H groups in total. The third-order valence-electron chi connectivity index (χ3n) is 17.5. The molecule has 0 aromatic rings. The summed E-state index contributed by atoms with van der Waals surface area (Å²) < 4.78 is 22.9. The van der Waals surface area contributed by atoms with Crippen LogP contribution in [0.2, 0.25) is 49.9 Å². The second kappa shape index (κ2) is 33.2. The Kier molecular flexibility index (Phi) is 35.4. The number of unbranched alkanes of at least 4 members (excludes halogenated alkanes) is 3. The first-order valence-electron chi connectivity index (χ1n) is 25.2. The molecule has 12 aliphatic carbocycles. The molecule has 12 rings (SSSR count). The predicted octanol–water partition coefficient (Wildman–Crippen LogP) is 2.48. The molecule has 0 aliphatic heterocycles. The summed E-state index contributed by atoms with van der Waals surface area (Å²) in [6.07, 6.45) is 12.1. The molecule has 12 saturated carbocycles. The Balaban J connectivity index is 0.000000392. The molecule has 0 bridgehead atoms. The van der Waals surface area contributed by atoms with Crippen LogP contribution >= 0.6 is 0 Å². The Morgan fingerprint density at radius 1 is 0.561 bits per heavy atom. The molecule has 0 aromatic carbocycles. The van der Waals surface area contributed by atoms with E-state index >= 15 is 0 Å². The van der Waals surface area contributed by atoms with Crippen LogP contribution < -0.4 is 0 Å². The van der Waals surface area contributed by atoms with Gasteiger partial charge in [-0.05, 0) is 115 Å². The van der Waals surface area contributed by atoms with Crippen molar-refractivity contribution in [3.8, 4) is 0 Å². The van der Waals surface area contributed by atoms with E-state index in [0.717, 1.165) is 157 Å². The molecule has 66 heavy (non-hydrogen) atoms. The van der Waals surface area contributed by atoms with Crippen molar-refractivity contribution in [2.75, 3.05) is 38.5 Å². The standard InChI is InChI=1S/C13H26Si.C8H8O.C8H8.2C7H16O2Si.3CH3O.CH4.4In.4Sn.13H/c1-7-8-9-14(6,10-12(2)3)11-13(4)5;9-8-5-2-1-3(5)7(8)4(1)6(2)8;1-2-5-3(1)7-4(1)6(2)8(5)7;2*1-3-4-5-10(2,6-8)7-9;3*1-2;;;;;;;;;;;;;;;;;;;;;;/h2,4,7-11H2,1,3,5-6H3;1-7,9H;1-8H;2*3-7H2,1-2H3;3*2H,1H2;1H4;;;;;;;;;;;;;;;;;;;;;/q;;;2*-2;;;;;;;2*+1;;;2*+1;;;;;;;;;;;;;. The van der Waals surface area contributed by atoms with Crippen molar-refractivity contribution in [3.63, 3.8) is 0 Å². The molecule has 376 valence electrons. The van der Waals surface area contributed by atoms with Crippen LogP contribution in [-0.2, 0) is 11.9 Å². The Morgan fingerprint density at radius 2 is 0.788 bits per heavy atom. The van der Waals surface area contributed by atoms with Gasteiger partial charge in [0.15, 0.2) is 0 Å². The fourth-order valence-corrected chi connectivity index (χ4v) is 44.4. The minimum absolute atomic E-state index is 0. The quantitative estimate of drug-likeness (QED) is 0.103. The van der Waals surface area contributed by atoms with E-state index in [-0.39, 0.29) is 38.9 Å². The average Bonchev–Trinajstić information content (AvgIpc) is 3.24. The van der Waals surface area contributed by atoms with Crippen molar-refractivity contribution in [2.45, 2.75) is 136 Å². The SMILES string of the molecule is C.C12C3C4C1C1C2C3C41.C=C(C)C[Si](C)(CCCC)CC(=C)C.CCCC[Si](C)(C[O][InH2])C[O][SnH].CCCC[Si](C)(C[O][InH2])C[O][SnH].OC12C3C4C5C3C1C5C42.O[CH2][InH2].O[CH2][SnH].O[CH2][SnH].[InH3]. The molecular weight excluding hydrogens is 1710 g/mol. The summed E-state index contributed by atoms with van der Waals surface area (Å²) >= 11 is 5.17. The Bertz CT molecular complexity index is 1230. The molecule has 0 saturated heterocycles. The molecule has 2 atom stereocenters. The monoisotopic (exact) mass is 1820 g/mol. The van der Waals surface area contributed by atoms with Crippen molar-refractivity contribution in [2.24, 2.45) is 88.8 Å². The minimum atomic E-state index is -1.13. The number of aliphatic hydroxyl groups is 4. The van der Waals surface area contributed by atoms with Crippen molar-refractivity contribution in [1.29, 1.82) is 0 Å². The van der Waals surface area contributed by atoms with E-state index in [2.05, 4.69) is 67.4 Å². The molecule has 2 unspecified atom stereocenters. The van der Waals surface area contributed by atoms with Crippen LogP contribution in [0, 0.1) is 88.8 Å². The van der Waals surface area contributed by atoms with Gasteiger partial charge in [0.05, 0.1) is 13.7 Å². The molecule has 0 amide bonds. The topological polar surface area (TPSA) is 118 Å². The van der Waals surface area contributed by atoms with Gasteiger partial charge in [-0.2, -0.15) is 0 Å². The van der Waals surface area contributed by atoms with Gasteiger partial charge >= 0.3 is 337 Å². The van der Waals surface area contributed by atoms with Gasteiger partial charge in [0, 0.05) is 0 Å². The molecule has 12 aliphatic rings. The van der Waals surface area contributed by atoms with Crippen LogP contribution in [0.25, 0.3) is 0 Å². The van der Waals surface area contributed by atoms with Crippen molar-refractivity contribution in [1.82, 2.24) is 0 Å². The third kappa shape index (κ3) is 15.2. The van der Waals surface area contributed by atoms with Gasteiger partial charge in [0.2, 0.25) is 0 Å². The van der Waals surface area contributed by atoms with Gasteiger partial charge in [-0.15, -0.1) is 13.2 Å². The first-order valence-corrected chi connectivity index (χ1v) is 50.6. The Morgan fingerprint density at radius 3 is 0.955 bits per heavy atom. The van der Waals surface area contributed by atoms with E-state index in [9.17, 15) is 5.11 Å². The number of hydrogen-bond acceptors (Lipinski definition) is 8. The maximum atomic E-state index is 9.80. The van der Waals surface area contributed by atoms with E-state index in [1.54, 1.807) is 0 Å². The number of hydrogen-bond donors (Lipinski definition) is 4. The molecule has 0 aromatic heterocycles. The first-order chi connectivity index (χ1) is 30.4. The van der Waals surface area contributed by atoms with E-state index < -0.39 is 24.2 Å². The summed E-state index contributed by atoms with van der Waals surface area (Å²) in [5, 5.41) is 32.7. The van der Waals surface area contributed by atoms with E-state index in [4.69, 9.17) is 27.2 Å². The zero-order valence-corrected chi connectivity index (χ0v) is 75.8. The van der Waals surface area contributed by atoms with Gasteiger partial charge in [-0.1, -0.05) is 50.9 Å². The summed E-state index contributed by atoms with van der Waals surface area (Å²) in [5.41, 5.74) is 2.68. The zero-order chi connectivity index (χ0) is 48.4. The molecule has 0 heterocycles. The van der Waals surface area contributed by atoms with Crippen LogP contribution in [0.1, 0.15) is 80.6 Å². The fourth-order valence-electron chi connectivity index (χ4n) is 15.6. The molecule has 0 spiro atoms. The average molecular weight is 1810 g/mol. The molecule has 8 nitrogen and oxygen atoms in total. The van der Waals surface area contributed by atoms with Crippen molar-refractivity contribution < 1.29 is 32.3 Å². The number of rotatable bonds is 21. The maximum absolute atomic E-state index is 9.80. The van der Waals surface area contributed by atoms with E-state index in [1.807, 2.05) is 0 Å². The first kappa shape index (κ1) is 70.5. The Labute approximate surface area is 526 Å². The van der Waals surface area contributed by atoms with Crippen LogP contribution in [0.15, 0.2) is 24.3 Å². The summed E-state index contributed by atoms with van der Waals surface area (Å²) in [7, 11) is -3.36. The summed E-state index contributed by atoms with van der Waals surface area (Å²) in [4.78, 5) is 0.